The quantitative estimate of drug-likeness (QED) is 0.509. The first-order valence-corrected chi connectivity index (χ1v) is 14.2. The molecule has 0 amide bonds. The normalized spacial score (nSPS) is 41.6. The maximum atomic E-state index is 14.3. The second-order valence-electron chi connectivity index (χ2n) is 13.9. The van der Waals surface area contributed by atoms with Gasteiger partial charge in [-0.2, -0.15) is 5.26 Å². The Hall–Kier alpha value is -2.59. The summed E-state index contributed by atoms with van der Waals surface area (Å²) in [4.78, 5) is 26.9. The van der Waals surface area contributed by atoms with Crippen molar-refractivity contribution in [2.75, 3.05) is 7.11 Å². The Labute approximate surface area is 225 Å². The number of carbonyl (C=O) groups excluding carboxylic acids is 2. The van der Waals surface area contributed by atoms with Crippen molar-refractivity contribution < 1.29 is 18.7 Å². The van der Waals surface area contributed by atoms with Crippen LogP contribution in [0.15, 0.2) is 27.7 Å². The number of hydrogen-bond donors (Lipinski definition) is 0. The van der Waals surface area contributed by atoms with Crippen molar-refractivity contribution in [3.63, 3.8) is 0 Å². The second kappa shape index (κ2) is 8.45. The van der Waals surface area contributed by atoms with Crippen LogP contribution in [0.1, 0.15) is 90.8 Å². The average Bonchev–Trinajstić information content (AvgIpc) is 3.34. The summed E-state index contributed by atoms with van der Waals surface area (Å²) in [7, 11) is 1.62. The van der Waals surface area contributed by atoms with Crippen molar-refractivity contribution >= 4 is 11.6 Å². The molecule has 0 spiro atoms. The van der Waals surface area contributed by atoms with Gasteiger partial charge in [-0.05, 0) is 79.6 Å². The molecule has 7 heteroatoms. The number of methoxy groups -OCH3 is 1. The van der Waals surface area contributed by atoms with Crippen LogP contribution in [0.2, 0.25) is 0 Å². The molecule has 0 radical (unpaired) electrons. The maximum Gasteiger partial charge on any atom is 0.242 e. The molecule has 0 bridgehead atoms. The van der Waals surface area contributed by atoms with Crippen molar-refractivity contribution in [2.24, 2.45) is 39.9 Å². The van der Waals surface area contributed by atoms with Gasteiger partial charge in [-0.3, -0.25) is 9.59 Å². The van der Waals surface area contributed by atoms with E-state index in [2.05, 4.69) is 44.0 Å². The molecular weight excluding hydrogens is 478 g/mol. The number of nitriles is 1. The molecule has 0 saturated heterocycles. The summed E-state index contributed by atoms with van der Waals surface area (Å²) >= 11 is 0. The van der Waals surface area contributed by atoms with Gasteiger partial charge >= 0.3 is 0 Å². The molecule has 1 heterocycles. The van der Waals surface area contributed by atoms with Crippen LogP contribution in [-0.4, -0.2) is 28.9 Å². The van der Waals surface area contributed by atoms with E-state index in [0.717, 1.165) is 50.5 Å². The number of ether oxygens (including phenoxy) is 1. The van der Waals surface area contributed by atoms with E-state index in [1.807, 2.05) is 12.2 Å². The van der Waals surface area contributed by atoms with Crippen LogP contribution >= 0.6 is 0 Å². The third kappa shape index (κ3) is 3.48. The first kappa shape index (κ1) is 25.7. The smallest absolute Gasteiger partial charge is 0.242 e. The van der Waals surface area contributed by atoms with E-state index in [-0.39, 0.29) is 63.7 Å². The average molecular weight is 518 g/mol. The summed E-state index contributed by atoms with van der Waals surface area (Å²) in [5.74, 6) is 1.72. The molecule has 0 aliphatic heterocycles. The fourth-order valence-electron chi connectivity index (χ4n) is 9.42. The molecule has 7 atom stereocenters. The van der Waals surface area contributed by atoms with Crippen LogP contribution in [-0.2, 0) is 26.3 Å². The van der Waals surface area contributed by atoms with Gasteiger partial charge in [-0.25, -0.2) is 0 Å². The Morgan fingerprint density at radius 2 is 1.87 bits per heavy atom. The number of aromatic nitrogens is 2. The number of hydrogen-bond acceptors (Lipinski definition) is 7. The fourth-order valence-corrected chi connectivity index (χ4v) is 9.42. The Kier molecular flexibility index (Phi) is 5.71. The van der Waals surface area contributed by atoms with Crippen LogP contribution in [0.5, 0.6) is 0 Å². The van der Waals surface area contributed by atoms with Crippen LogP contribution in [0.4, 0.5) is 0 Å². The van der Waals surface area contributed by atoms with E-state index in [4.69, 9.17) is 9.15 Å². The highest BCUT2D eigenvalue weighted by Crippen LogP contribution is 2.69. The molecule has 6 rings (SSSR count). The zero-order chi connectivity index (χ0) is 27.1. The molecule has 0 aromatic carbocycles. The van der Waals surface area contributed by atoms with Gasteiger partial charge in [0, 0.05) is 24.9 Å². The molecule has 1 aromatic heterocycles. The minimum absolute atomic E-state index is 0.0570. The van der Waals surface area contributed by atoms with Crippen LogP contribution in [0, 0.1) is 51.2 Å². The van der Waals surface area contributed by atoms with Crippen LogP contribution in [0.25, 0.3) is 0 Å². The molecule has 3 saturated carbocycles. The first-order valence-electron chi connectivity index (χ1n) is 14.2. The lowest BCUT2D eigenvalue weighted by Crippen LogP contribution is -2.60. The highest BCUT2D eigenvalue weighted by molar-refractivity contribution is 6.01. The number of rotatable bonds is 3. The van der Waals surface area contributed by atoms with Gasteiger partial charge in [0.05, 0.1) is 11.0 Å². The van der Waals surface area contributed by atoms with E-state index >= 15 is 0 Å². The summed E-state index contributed by atoms with van der Waals surface area (Å²) in [5, 5.41) is 18.5. The van der Waals surface area contributed by atoms with Gasteiger partial charge < -0.3 is 9.15 Å². The molecule has 38 heavy (non-hydrogen) atoms. The fraction of sp³-hybridized carbons (Fsp3) is 0.710. The zero-order valence-corrected chi connectivity index (χ0v) is 23.3. The van der Waals surface area contributed by atoms with Gasteiger partial charge in [0.2, 0.25) is 11.8 Å². The Bertz CT molecular complexity index is 1300. The van der Waals surface area contributed by atoms with Gasteiger partial charge in [-0.15, -0.1) is 10.2 Å². The van der Waals surface area contributed by atoms with Gasteiger partial charge in [0.15, 0.2) is 11.6 Å². The zero-order valence-electron chi connectivity index (χ0n) is 23.3. The predicted octanol–water partition coefficient (Wildman–Crippen LogP) is 5.66. The molecule has 1 aromatic rings. The molecular formula is C31H39N3O4. The molecule has 0 N–H and O–H groups in total. The lowest BCUT2D eigenvalue weighted by Gasteiger charge is -2.63. The van der Waals surface area contributed by atoms with Gasteiger partial charge in [0.1, 0.15) is 12.7 Å². The molecule has 202 valence electrons. The van der Waals surface area contributed by atoms with Crippen molar-refractivity contribution in [3.05, 3.63) is 35.1 Å². The van der Waals surface area contributed by atoms with Crippen molar-refractivity contribution in [1.29, 1.82) is 5.26 Å². The predicted molar refractivity (Wildman–Crippen MR) is 139 cm³/mol. The largest absolute Gasteiger partial charge is 0.422 e. The molecule has 5 aliphatic carbocycles. The van der Waals surface area contributed by atoms with E-state index in [1.165, 1.54) is 0 Å². The van der Waals surface area contributed by atoms with Crippen molar-refractivity contribution in [3.8, 4) is 6.07 Å². The first-order chi connectivity index (χ1) is 18.0. The summed E-state index contributed by atoms with van der Waals surface area (Å²) in [6, 6.07) is 2.14. The van der Waals surface area contributed by atoms with Crippen molar-refractivity contribution in [1.82, 2.24) is 10.2 Å². The van der Waals surface area contributed by atoms with Gasteiger partial charge in [0.25, 0.3) is 0 Å². The van der Waals surface area contributed by atoms with E-state index in [9.17, 15) is 14.9 Å². The number of ketones is 2. The molecule has 3 fully saturated rings. The highest BCUT2D eigenvalue weighted by Gasteiger charge is 2.65. The summed E-state index contributed by atoms with van der Waals surface area (Å²) in [6.45, 7) is 9.44. The van der Waals surface area contributed by atoms with Gasteiger partial charge in [-0.1, -0.05) is 39.3 Å². The van der Waals surface area contributed by atoms with Crippen LogP contribution in [0.3, 0.4) is 0 Å². The lowest BCUT2D eigenvalue weighted by atomic mass is 9.40. The number of allylic oxidation sites excluding steroid dienone is 4. The SMILES string of the molecule is COCc1nnc(C23CCC4C(C(=O)C=C5C6(C)C=C(C#N)C(=O)CC6CCC54C)C2CC(C)(C)CC3)o1. The number of carbonyl (C=O) groups is 2. The number of Topliss-reactive ketones (excluding diaryl/α,β-unsaturated/α-hetero) is 1. The monoisotopic (exact) mass is 517 g/mol. The maximum absolute atomic E-state index is 14.3. The minimum Gasteiger partial charge on any atom is -0.422 e. The third-order valence-corrected chi connectivity index (χ3v) is 11.4. The topological polar surface area (TPSA) is 106 Å². The molecule has 7 unspecified atom stereocenters. The number of nitrogens with zero attached hydrogens (tertiary/aromatic N) is 3. The van der Waals surface area contributed by atoms with E-state index < -0.39 is 5.41 Å². The molecule has 5 aliphatic rings. The summed E-state index contributed by atoms with van der Waals surface area (Å²) < 4.78 is 11.5. The molecule has 7 nitrogen and oxygen atoms in total. The van der Waals surface area contributed by atoms with Crippen molar-refractivity contribution in [2.45, 2.75) is 91.1 Å². The number of fused-ring (bicyclic) bond motifs is 7. The third-order valence-electron chi connectivity index (χ3n) is 11.4. The minimum atomic E-state index is -0.436. The van der Waals surface area contributed by atoms with E-state index in [0.29, 0.717) is 18.2 Å². The Morgan fingerprint density at radius 3 is 2.61 bits per heavy atom. The summed E-state index contributed by atoms with van der Waals surface area (Å²) in [5.41, 5.74) is 0.659. The highest BCUT2D eigenvalue weighted by atomic mass is 16.5. The Morgan fingerprint density at radius 1 is 1.08 bits per heavy atom. The van der Waals surface area contributed by atoms with E-state index in [1.54, 1.807) is 7.11 Å². The summed E-state index contributed by atoms with van der Waals surface area (Å²) in [6.07, 6.45) is 11.0. The standard InChI is InChI=1S/C31H39N3O4/c1-28(2)10-11-31(27-34-33-25(38-27)17-37-5)9-7-20-26(21(31)15-28)23(36)13-24-29(20,3)8-6-19-12-22(35)18(16-32)14-30(19,24)4/h13-14,19-21,26H,6-12,15,17H2,1-5H3. The van der Waals surface area contributed by atoms with Crippen LogP contribution < -0.4 is 0 Å². The Balaban J connectivity index is 1.46. The lowest BCUT2D eigenvalue weighted by molar-refractivity contribution is -0.139. The second-order valence-corrected chi connectivity index (χ2v) is 13.9.